The van der Waals surface area contributed by atoms with Gasteiger partial charge in [0.1, 0.15) is 0 Å². The fourth-order valence-corrected chi connectivity index (χ4v) is 3.66. The molecule has 3 heterocycles. The van der Waals surface area contributed by atoms with Crippen molar-refractivity contribution in [2.24, 2.45) is 0 Å². The van der Waals surface area contributed by atoms with Crippen LogP contribution in [0.3, 0.4) is 0 Å². The van der Waals surface area contributed by atoms with Gasteiger partial charge in [-0.05, 0) is 57.4 Å². The molecule has 0 aliphatic heterocycles. The molecule has 0 radical (unpaired) electrons. The lowest BCUT2D eigenvalue weighted by atomic mass is 10.2. The highest BCUT2D eigenvalue weighted by Crippen LogP contribution is 2.20. The van der Waals surface area contributed by atoms with Crippen LogP contribution in [0.25, 0.3) is 27.5 Å². The summed E-state index contributed by atoms with van der Waals surface area (Å²) in [4.78, 5) is 32.7. The highest BCUT2D eigenvalue weighted by atomic mass is 35.5. The number of rotatable bonds is 5. The molecule has 6 nitrogen and oxygen atoms in total. The Labute approximate surface area is 172 Å². The minimum atomic E-state index is -0.257. The Morgan fingerprint density at radius 3 is 2.38 bits per heavy atom. The van der Waals surface area contributed by atoms with Gasteiger partial charge in [-0.25, -0.2) is 4.98 Å². The first-order chi connectivity index (χ1) is 14.0. The second-order valence-corrected chi connectivity index (χ2v) is 7.67. The van der Waals surface area contributed by atoms with Crippen LogP contribution in [0.15, 0.2) is 64.4 Å². The maximum atomic E-state index is 13.1. The number of fused-ring (bicyclic) bond motifs is 2. The van der Waals surface area contributed by atoms with Gasteiger partial charge in [0.25, 0.3) is 11.1 Å². The predicted octanol–water partition coefficient (Wildman–Crippen LogP) is 3.31. The molecule has 0 spiro atoms. The van der Waals surface area contributed by atoms with E-state index in [1.807, 2.05) is 32.3 Å². The van der Waals surface area contributed by atoms with Crippen LogP contribution in [-0.2, 0) is 6.54 Å². The Hall–Kier alpha value is -2.96. The summed E-state index contributed by atoms with van der Waals surface area (Å²) in [5.74, 6) is 0. The van der Waals surface area contributed by atoms with Gasteiger partial charge in [-0.3, -0.25) is 14.2 Å². The van der Waals surface area contributed by atoms with E-state index < -0.39 is 0 Å². The second-order valence-electron chi connectivity index (χ2n) is 7.27. The lowest BCUT2D eigenvalue weighted by Crippen LogP contribution is -2.23. The first-order valence-corrected chi connectivity index (χ1v) is 9.79. The molecular formula is C22H21ClN4O2. The maximum absolute atomic E-state index is 13.1. The van der Waals surface area contributed by atoms with E-state index in [-0.39, 0.29) is 11.1 Å². The summed E-state index contributed by atoms with van der Waals surface area (Å²) in [7, 11) is 4.01. The van der Waals surface area contributed by atoms with Crippen LogP contribution in [0.1, 0.15) is 6.42 Å². The Balaban J connectivity index is 1.86. The van der Waals surface area contributed by atoms with E-state index in [4.69, 9.17) is 11.6 Å². The van der Waals surface area contributed by atoms with Crippen LogP contribution in [0.4, 0.5) is 0 Å². The molecule has 0 bridgehead atoms. The number of nitrogens with zero attached hydrogens (tertiary/aromatic N) is 4. The highest BCUT2D eigenvalue weighted by molar-refractivity contribution is 6.32. The average Bonchev–Trinajstić information content (AvgIpc) is 2.70. The number of hydrogen-bond donors (Lipinski definition) is 0. The van der Waals surface area contributed by atoms with E-state index >= 15 is 0 Å². The third-order valence-electron chi connectivity index (χ3n) is 4.93. The molecule has 0 saturated carbocycles. The lowest BCUT2D eigenvalue weighted by Gasteiger charge is -2.12. The van der Waals surface area contributed by atoms with E-state index in [0.29, 0.717) is 39.1 Å². The largest absolute Gasteiger partial charge is 0.315 e. The normalized spacial score (nSPS) is 11.6. The third-order valence-corrected chi connectivity index (χ3v) is 5.25. The van der Waals surface area contributed by atoms with Crippen molar-refractivity contribution in [3.8, 4) is 5.69 Å². The van der Waals surface area contributed by atoms with Crippen LogP contribution in [0, 0.1) is 0 Å². The summed E-state index contributed by atoms with van der Waals surface area (Å²) in [6, 6.07) is 12.4. The van der Waals surface area contributed by atoms with Gasteiger partial charge in [-0.1, -0.05) is 23.7 Å². The predicted molar refractivity (Wildman–Crippen MR) is 117 cm³/mol. The number of aromatic nitrogens is 3. The number of para-hydroxylation sites is 1. The molecule has 7 heteroatoms. The van der Waals surface area contributed by atoms with Gasteiger partial charge in [-0.2, -0.15) is 0 Å². The molecule has 3 aromatic heterocycles. The van der Waals surface area contributed by atoms with Crippen molar-refractivity contribution in [1.29, 1.82) is 0 Å². The first kappa shape index (κ1) is 19.4. The minimum absolute atomic E-state index is 0.136. The van der Waals surface area contributed by atoms with Crippen molar-refractivity contribution >= 4 is 33.4 Å². The van der Waals surface area contributed by atoms with Crippen molar-refractivity contribution in [1.82, 2.24) is 19.0 Å². The van der Waals surface area contributed by atoms with Crippen LogP contribution >= 0.6 is 11.6 Å². The first-order valence-electron chi connectivity index (χ1n) is 9.41. The van der Waals surface area contributed by atoms with Gasteiger partial charge >= 0.3 is 0 Å². The van der Waals surface area contributed by atoms with Crippen molar-refractivity contribution in [3.63, 3.8) is 0 Å². The molecule has 0 saturated heterocycles. The smallest absolute Gasteiger partial charge is 0.264 e. The van der Waals surface area contributed by atoms with Crippen molar-refractivity contribution in [2.45, 2.75) is 13.0 Å². The van der Waals surface area contributed by atoms with Crippen molar-refractivity contribution in [3.05, 3.63) is 80.6 Å². The zero-order valence-corrected chi connectivity index (χ0v) is 17.1. The Kier molecular flexibility index (Phi) is 5.22. The molecule has 0 aliphatic rings. The van der Waals surface area contributed by atoms with Gasteiger partial charge in [0, 0.05) is 18.9 Å². The van der Waals surface area contributed by atoms with Crippen LogP contribution in [-0.4, -0.2) is 39.7 Å². The Morgan fingerprint density at radius 1 is 0.966 bits per heavy atom. The quantitative estimate of drug-likeness (QED) is 0.475. The zero-order chi connectivity index (χ0) is 20.5. The van der Waals surface area contributed by atoms with E-state index in [9.17, 15) is 9.59 Å². The summed E-state index contributed by atoms with van der Waals surface area (Å²) in [5, 5.41) is 1.31. The molecule has 29 heavy (non-hydrogen) atoms. The number of hydrogen-bond acceptors (Lipinski definition) is 4. The third kappa shape index (κ3) is 3.69. The van der Waals surface area contributed by atoms with Gasteiger partial charge in [0.15, 0.2) is 0 Å². The fraction of sp³-hybridized carbons (Fsp3) is 0.227. The van der Waals surface area contributed by atoms with E-state index in [1.165, 1.54) is 4.57 Å². The number of aryl methyl sites for hydroxylation is 1. The van der Waals surface area contributed by atoms with E-state index in [2.05, 4.69) is 9.88 Å². The monoisotopic (exact) mass is 408 g/mol. The minimum Gasteiger partial charge on any atom is -0.315 e. The van der Waals surface area contributed by atoms with Crippen LogP contribution < -0.4 is 11.1 Å². The molecule has 1 aromatic carbocycles. The van der Waals surface area contributed by atoms with E-state index in [0.717, 1.165) is 13.0 Å². The molecule has 0 atom stereocenters. The molecule has 0 fully saturated rings. The van der Waals surface area contributed by atoms with Crippen molar-refractivity contribution in [2.75, 3.05) is 20.6 Å². The standard InChI is InChI=1S/C22H21ClN4O2/c1-25(2)10-5-11-26-12-8-18-15(21(26)28)14-16-19(24-18)9-13-27(22(16)29)20-7-4-3-6-17(20)23/h3-4,6-9,12-14H,5,10-11H2,1-2H3. The van der Waals surface area contributed by atoms with Gasteiger partial charge in [0.05, 0.1) is 32.5 Å². The summed E-state index contributed by atoms with van der Waals surface area (Å²) in [6.07, 6.45) is 4.29. The maximum Gasteiger partial charge on any atom is 0.264 e. The number of pyridine rings is 3. The fourth-order valence-electron chi connectivity index (χ4n) is 3.43. The van der Waals surface area contributed by atoms with Gasteiger partial charge in [0.2, 0.25) is 0 Å². The highest BCUT2D eigenvalue weighted by Gasteiger charge is 2.12. The Morgan fingerprint density at radius 2 is 1.66 bits per heavy atom. The van der Waals surface area contributed by atoms with Gasteiger partial charge < -0.3 is 9.47 Å². The summed E-state index contributed by atoms with van der Waals surface area (Å²) >= 11 is 6.26. The lowest BCUT2D eigenvalue weighted by molar-refractivity contribution is 0.385. The zero-order valence-electron chi connectivity index (χ0n) is 16.3. The van der Waals surface area contributed by atoms with Gasteiger partial charge in [-0.15, -0.1) is 0 Å². The van der Waals surface area contributed by atoms with Crippen LogP contribution in [0.2, 0.25) is 5.02 Å². The summed E-state index contributed by atoms with van der Waals surface area (Å²) < 4.78 is 3.16. The van der Waals surface area contributed by atoms with E-state index in [1.54, 1.807) is 41.2 Å². The van der Waals surface area contributed by atoms with Crippen molar-refractivity contribution < 1.29 is 0 Å². The molecule has 148 valence electrons. The van der Waals surface area contributed by atoms with Crippen LogP contribution in [0.5, 0.6) is 0 Å². The average molecular weight is 409 g/mol. The molecule has 0 amide bonds. The number of halogens is 1. The second kappa shape index (κ2) is 7.81. The molecule has 4 rings (SSSR count). The Bertz CT molecular complexity index is 1320. The molecule has 0 unspecified atom stereocenters. The molecule has 0 N–H and O–H groups in total. The number of benzene rings is 1. The molecular weight excluding hydrogens is 388 g/mol. The SMILES string of the molecule is CN(C)CCCn1ccc2nc3ccn(-c4ccccc4Cl)c(=O)c3cc2c1=O. The summed E-state index contributed by atoms with van der Waals surface area (Å²) in [5.41, 5.74) is 1.34. The molecule has 0 aliphatic carbocycles. The summed E-state index contributed by atoms with van der Waals surface area (Å²) in [6.45, 7) is 1.51. The topological polar surface area (TPSA) is 60.1 Å². The molecule has 4 aromatic rings.